The van der Waals surface area contributed by atoms with Crippen LogP contribution < -0.4 is 15.8 Å². The maximum Gasteiger partial charge on any atom is 0.291 e. The molecule has 0 radical (unpaired) electrons. The van der Waals surface area contributed by atoms with Gasteiger partial charge in [0.1, 0.15) is 23.1 Å². The van der Waals surface area contributed by atoms with Crippen molar-refractivity contribution in [3.63, 3.8) is 0 Å². The lowest BCUT2D eigenvalue weighted by molar-refractivity contribution is 0.0993. The third-order valence-electron chi connectivity index (χ3n) is 4.54. The minimum Gasteiger partial charge on any atom is -0.484 e. The van der Waals surface area contributed by atoms with Crippen molar-refractivity contribution < 1.29 is 18.7 Å². The average molecular weight is 451 g/mol. The number of carbonyl (C=O) groups excluding carboxylic acids is 2. The zero-order valence-electron chi connectivity index (χ0n) is 15.1. The lowest BCUT2D eigenvalue weighted by Gasteiger charge is -2.06. The van der Waals surface area contributed by atoms with Gasteiger partial charge >= 0.3 is 0 Å². The van der Waals surface area contributed by atoms with E-state index in [9.17, 15) is 9.59 Å². The predicted molar refractivity (Wildman–Crippen MR) is 112 cm³/mol. The average Bonchev–Trinajstić information content (AvgIpc) is 3.36. The van der Waals surface area contributed by atoms with Crippen LogP contribution in [-0.2, 0) is 19.4 Å². The van der Waals surface area contributed by atoms with E-state index in [1.54, 1.807) is 30.3 Å². The number of nitrogens with two attached hydrogens (primary N) is 1. The second kappa shape index (κ2) is 8.10. The van der Waals surface area contributed by atoms with Crippen molar-refractivity contribution in [2.24, 2.45) is 5.73 Å². The van der Waals surface area contributed by atoms with Gasteiger partial charge in [-0.3, -0.25) is 9.59 Å². The van der Waals surface area contributed by atoms with Crippen molar-refractivity contribution in [2.45, 2.75) is 25.9 Å². The number of amides is 2. The molecule has 1 aromatic carbocycles. The quantitative estimate of drug-likeness (QED) is 0.547. The van der Waals surface area contributed by atoms with E-state index in [1.165, 1.54) is 11.3 Å². The number of nitrogens with one attached hydrogen (secondary N) is 1. The number of hydrogen-bond donors (Lipinski definition) is 2. The first-order valence-corrected chi connectivity index (χ1v) is 10.4. The van der Waals surface area contributed by atoms with Crippen LogP contribution >= 0.6 is 34.5 Å². The Bertz CT molecular complexity index is 1110. The number of benzene rings is 1. The fraction of sp³-hybridized carbons (Fsp3) is 0.200. The summed E-state index contributed by atoms with van der Waals surface area (Å²) in [4.78, 5) is 25.5. The summed E-state index contributed by atoms with van der Waals surface area (Å²) in [6.45, 7) is 0.0917. The fourth-order valence-electron chi connectivity index (χ4n) is 3.24. The van der Waals surface area contributed by atoms with Crippen molar-refractivity contribution in [3.05, 3.63) is 67.9 Å². The fourth-order valence-corrected chi connectivity index (χ4v) is 4.99. The second-order valence-electron chi connectivity index (χ2n) is 6.51. The molecule has 3 N–H and O–H groups in total. The van der Waals surface area contributed by atoms with Gasteiger partial charge in [-0.1, -0.05) is 23.2 Å². The van der Waals surface area contributed by atoms with E-state index in [4.69, 9.17) is 38.1 Å². The number of carbonyl (C=O) groups is 2. The molecule has 4 rings (SSSR count). The molecule has 29 heavy (non-hydrogen) atoms. The van der Waals surface area contributed by atoms with Crippen molar-refractivity contribution >= 4 is 51.4 Å². The van der Waals surface area contributed by atoms with Gasteiger partial charge in [0.05, 0.1) is 10.6 Å². The number of aryl methyl sites for hydroxylation is 1. The molecule has 3 aromatic rings. The van der Waals surface area contributed by atoms with Gasteiger partial charge in [0.25, 0.3) is 11.8 Å². The standard InChI is InChI=1S/C20H16Cl2N2O4S/c21-10-4-6-14(13(22)8-10)27-9-11-5-7-15(28-11)19(26)24-20-17(18(23)25)12-2-1-3-16(12)29-20/h4-8H,1-3,9H2,(H2,23,25)(H,24,26). The molecule has 2 amide bonds. The zero-order chi connectivity index (χ0) is 20.5. The number of ether oxygens (including phenoxy) is 1. The summed E-state index contributed by atoms with van der Waals surface area (Å²) in [6, 6.07) is 8.08. The molecule has 0 unspecified atom stereocenters. The van der Waals surface area contributed by atoms with Gasteiger partial charge in [-0.05, 0) is 55.2 Å². The molecule has 0 aliphatic heterocycles. The minimum absolute atomic E-state index is 0.0917. The van der Waals surface area contributed by atoms with Crippen LogP contribution in [0, 0.1) is 0 Å². The van der Waals surface area contributed by atoms with Gasteiger partial charge in [0, 0.05) is 9.90 Å². The predicted octanol–water partition coefficient (Wildman–Crippen LogP) is 5.07. The third-order valence-corrected chi connectivity index (χ3v) is 6.28. The topological polar surface area (TPSA) is 94.6 Å². The number of primary amides is 1. The van der Waals surface area contributed by atoms with Crippen LogP contribution in [0.4, 0.5) is 5.00 Å². The molecule has 0 saturated carbocycles. The van der Waals surface area contributed by atoms with Crippen LogP contribution in [0.5, 0.6) is 5.75 Å². The van der Waals surface area contributed by atoms with E-state index in [-0.39, 0.29) is 12.4 Å². The molecular weight excluding hydrogens is 435 g/mol. The first-order valence-electron chi connectivity index (χ1n) is 8.84. The number of hydrogen-bond acceptors (Lipinski definition) is 5. The Morgan fingerprint density at radius 1 is 1.21 bits per heavy atom. The van der Waals surface area contributed by atoms with Crippen molar-refractivity contribution in [1.82, 2.24) is 0 Å². The molecule has 0 bridgehead atoms. The number of halogens is 2. The number of anilines is 1. The van der Waals surface area contributed by atoms with Crippen molar-refractivity contribution in [1.29, 1.82) is 0 Å². The summed E-state index contributed by atoms with van der Waals surface area (Å²) in [5.74, 6) is 0.0219. The second-order valence-corrected chi connectivity index (χ2v) is 8.46. The Morgan fingerprint density at radius 2 is 2.03 bits per heavy atom. The third kappa shape index (κ3) is 4.12. The van der Waals surface area contributed by atoms with E-state index in [2.05, 4.69) is 5.32 Å². The molecule has 1 aliphatic rings. The molecule has 0 spiro atoms. The van der Waals surface area contributed by atoms with E-state index in [0.717, 1.165) is 29.7 Å². The minimum atomic E-state index is -0.534. The number of fused-ring (bicyclic) bond motifs is 1. The summed E-state index contributed by atoms with van der Waals surface area (Å²) in [6.07, 6.45) is 2.69. The van der Waals surface area contributed by atoms with Crippen LogP contribution in [0.3, 0.4) is 0 Å². The molecule has 9 heteroatoms. The number of furan rings is 1. The highest BCUT2D eigenvalue weighted by molar-refractivity contribution is 7.17. The van der Waals surface area contributed by atoms with Gasteiger partial charge in [-0.2, -0.15) is 0 Å². The monoisotopic (exact) mass is 450 g/mol. The first kappa shape index (κ1) is 19.8. The van der Waals surface area contributed by atoms with Crippen LogP contribution in [0.15, 0.2) is 34.7 Å². The van der Waals surface area contributed by atoms with Gasteiger partial charge < -0.3 is 20.2 Å². The Labute approximate surface area is 180 Å². The van der Waals surface area contributed by atoms with Crippen molar-refractivity contribution in [3.8, 4) is 5.75 Å². The molecule has 0 saturated heterocycles. The number of rotatable bonds is 6. The highest BCUT2D eigenvalue weighted by atomic mass is 35.5. The summed E-state index contributed by atoms with van der Waals surface area (Å²) < 4.78 is 11.2. The summed E-state index contributed by atoms with van der Waals surface area (Å²) in [5, 5.41) is 4.11. The summed E-state index contributed by atoms with van der Waals surface area (Å²) >= 11 is 13.3. The molecule has 2 aromatic heterocycles. The molecule has 2 heterocycles. The summed E-state index contributed by atoms with van der Waals surface area (Å²) in [7, 11) is 0. The van der Waals surface area contributed by atoms with Gasteiger partial charge in [0.15, 0.2) is 5.76 Å². The first-order chi connectivity index (χ1) is 13.9. The molecular formula is C20H16Cl2N2O4S. The molecule has 0 atom stereocenters. The SMILES string of the molecule is NC(=O)c1c(NC(=O)c2ccc(COc3ccc(Cl)cc3Cl)o2)sc2c1CCC2. The van der Waals surface area contributed by atoms with Gasteiger partial charge in [-0.15, -0.1) is 11.3 Å². The molecule has 6 nitrogen and oxygen atoms in total. The lowest BCUT2D eigenvalue weighted by atomic mass is 10.1. The largest absolute Gasteiger partial charge is 0.484 e. The van der Waals surface area contributed by atoms with E-state index >= 15 is 0 Å². The summed E-state index contributed by atoms with van der Waals surface area (Å²) in [5.41, 5.74) is 6.88. The maximum atomic E-state index is 12.6. The van der Waals surface area contributed by atoms with E-state index < -0.39 is 11.8 Å². The lowest BCUT2D eigenvalue weighted by Crippen LogP contribution is -2.17. The maximum absolute atomic E-state index is 12.6. The van der Waals surface area contributed by atoms with Gasteiger partial charge in [0.2, 0.25) is 0 Å². The van der Waals surface area contributed by atoms with E-state index in [1.807, 2.05) is 0 Å². The molecule has 150 valence electrons. The van der Waals surface area contributed by atoms with Crippen LogP contribution in [0.1, 0.15) is 43.5 Å². The molecule has 1 aliphatic carbocycles. The Kier molecular flexibility index (Phi) is 5.54. The normalized spacial score (nSPS) is 12.6. The zero-order valence-corrected chi connectivity index (χ0v) is 17.4. The molecule has 0 fully saturated rings. The van der Waals surface area contributed by atoms with Crippen LogP contribution in [-0.4, -0.2) is 11.8 Å². The smallest absolute Gasteiger partial charge is 0.291 e. The Hall–Kier alpha value is -2.48. The Balaban J connectivity index is 1.45. The van der Waals surface area contributed by atoms with Crippen LogP contribution in [0.25, 0.3) is 0 Å². The van der Waals surface area contributed by atoms with Crippen LogP contribution in [0.2, 0.25) is 10.0 Å². The highest BCUT2D eigenvalue weighted by Crippen LogP contribution is 2.39. The van der Waals surface area contributed by atoms with Crippen molar-refractivity contribution in [2.75, 3.05) is 5.32 Å². The number of thiophene rings is 1. The highest BCUT2D eigenvalue weighted by Gasteiger charge is 2.26. The Morgan fingerprint density at radius 3 is 2.79 bits per heavy atom. The van der Waals surface area contributed by atoms with E-state index in [0.29, 0.717) is 32.1 Å². The van der Waals surface area contributed by atoms with Gasteiger partial charge in [-0.25, -0.2) is 0 Å².